The molecular weight excluding hydrogens is 308 g/mol. The Hall–Kier alpha value is -1.89. The highest BCUT2D eigenvalue weighted by molar-refractivity contribution is 5.92. The van der Waals surface area contributed by atoms with Crippen LogP contribution in [0.3, 0.4) is 0 Å². The van der Waals surface area contributed by atoms with E-state index in [4.69, 9.17) is 10.5 Å². The zero-order valence-electron chi connectivity index (χ0n) is 12.4. The van der Waals surface area contributed by atoms with Crippen LogP contribution in [0.1, 0.15) is 36.2 Å². The molecule has 8 heteroatoms. The van der Waals surface area contributed by atoms with Gasteiger partial charge in [0.25, 0.3) is 5.91 Å². The third-order valence-corrected chi connectivity index (χ3v) is 3.85. The Labute approximate surface area is 135 Å². The van der Waals surface area contributed by atoms with Crippen LogP contribution in [0.4, 0.5) is 5.82 Å². The quantitative estimate of drug-likeness (QED) is 0.804. The number of carbonyl (C=O) groups excluding carboxylic acids is 2. The maximum Gasteiger partial charge on any atom is 0.308 e. The summed E-state index contributed by atoms with van der Waals surface area (Å²) in [5.74, 6) is 0.277. The lowest BCUT2D eigenvalue weighted by atomic mass is 9.82. The molecule has 0 spiro atoms. The molecule has 0 saturated heterocycles. The van der Waals surface area contributed by atoms with Crippen LogP contribution in [0.15, 0.2) is 12.4 Å². The zero-order chi connectivity index (χ0) is 15.2. The molecule has 0 aliphatic heterocycles. The number of nitrogen functional groups attached to an aromatic ring is 1. The van der Waals surface area contributed by atoms with Crippen molar-refractivity contribution in [3.05, 3.63) is 18.1 Å². The van der Waals surface area contributed by atoms with Crippen molar-refractivity contribution in [1.29, 1.82) is 0 Å². The summed E-state index contributed by atoms with van der Waals surface area (Å²) in [5.41, 5.74) is 5.79. The second kappa shape index (κ2) is 8.53. The number of nitrogens with two attached hydrogens (primary N) is 1. The number of aromatic nitrogens is 2. The van der Waals surface area contributed by atoms with Gasteiger partial charge in [-0.15, -0.1) is 12.4 Å². The van der Waals surface area contributed by atoms with Crippen LogP contribution in [0, 0.1) is 11.8 Å². The van der Waals surface area contributed by atoms with Gasteiger partial charge in [0.15, 0.2) is 0 Å². The van der Waals surface area contributed by atoms with E-state index in [1.165, 1.54) is 19.5 Å². The molecule has 1 heterocycles. The van der Waals surface area contributed by atoms with E-state index in [-0.39, 0.29) is 41.7 Å². The Morgan fingerprint density at radius 2 is 2.00 bits per heavy atom. The number of esters is 1. The monoisotopic (exact) mass is 328 g/mol. The number of hydrogen-bond donors (Lipinski definition) is 2. The summed E-state index contributed by atoms with van der Waals surface area (Å²) < 4.78 is 4.76. The van der Waals surface area contributed by atoms with Gasteiger partial charge in [0.05, 0.1) is 13.0 Å². The number of carbonyl (C=O) groups is 2. The Balaban J connectivity index is 0.00000242. The van der Waals surface area contributed by atoms with E-state index in [2.05, 4.69) is 15.3 Å². The molecule has 0 bridgehead atoms. The second-order valence-corrected chi connectivity index (χ2v) is 5.28. The van der Waals surface area contributed by atoms with Crippen LogP contribution in [0.2, 0.25) is 0 Å². The second-order valence-electron chi connectivity index (χ2n) is 5.28. The fourth-order valence-corrected chi connectivity index (χ4v) is 2.59. The number of anilines is 1. The van der Waals surface area contributed by atoms with Crippen molar-refractivity contribution in [3.8, 4) is 0 Å². The standard InChI is InChI=1S/C14H20N4O3.ClH/c1-21-14(20)10-4-2-9(3-5-10)7-16-13(19)11-6-12(15)18-8-17-11;/h6,8-10H,2-5,7H2,1H3,(H,16,19)(H2,15,17,18);1H. The molecule has 0 aromatic carbocycles. The van der Waals surface area contributed by atoms with Crippen LogP contribution in [0.25, 0.3) is 0 Å². The first-order valence-electron chi connectivity index (χ1n) is 7.03. The molecule has 1 aliphatic carbocycles. The molecule has 0 radical (unpaired) electrons. The molecule has 1 aromatic rings. The topological polar surface area (TPSA) is 107 Å². The molecule has 1 saturated carbocycles. The van der Waals surface area contributed by atoms with Crippen molar-refractivity contribution in [2.75, 3.05) is 19.4 Å². The van der Waals surface area contributed by atoms with Crippen molar-refractivity contribution in [2.45, 2.75) is 25.7 Å². The predicted octanol–water partition coefficient (Wildman–Crippen LogP) is 1.19. The highest BCUT2D eigenvalue weighted by Crippen LogP contribution is 2.29. The minimum Gasteiger partial charge on any atom is -0.469 e. The van der Waals surface area contributed by atoms with Crippen molar-refractivity contribution < 1.29 is 14.3 Å². The molecule has 7 nitrogen and oxygen atoms in total. The lowest BCUT2D eigenvalue weighted by Crippen LogP contribution is -2.33. The van der Waals surface area contributed by atoms with Gasteiger partial charge in [-0.2, -0.15) is 0 Å². The summed E-state index contributed by atoms with van der Waals surface area (Å²) in [6.45, 7) is 0.580. The molecule has 1 amide bonds. The Morgan fingerprint density at radius 3 is 2.59 bits per heavy atom. The van der Waals surface area contributed by atoms with Crippen LogP contribution >= 0.6 is 12.4 Å². The van der Waals surface area contributed by atoms with Crippen molar-refractivity contribution in [3.63, 3.8) is 0 Å². The number of methoxy groups -OCH3 is 1. The van der Waals surface area contributed by atoms with E-state index in [0.29, 0.717) is 12.5 Å². The van der Waals surface area contributed by atoms with Crippen molar-refractivity contribution in [1.82, 2.24) is 15.3 Å². The lowest BCUT2D eigenvalue weighted by molar-refractivity contribution is -0.146. The van der Waals surface area contributed by atoms with Gasteiger partial charge in [-0.3, -0.25) is 9.59 Å². The first-order valence-corrected chi connectivity index (χ1v) is 7.03. The molecule has 0 atom stereocenters. The minimum atomic E-state index is -0.251. The molecular formula is C14H21ClN4O3. The van der Waals surface area contributed by atoms with Gasteiger partial charge in [-0.1, -0.05) is 0 Å². The number of halogens is 1. The Bertz CT molecular complexity index is 519. The third-order valence-electron chi connectivity index (χ3n) is 3.85. The fourth-order valence-electron chi connectivity index (χ4n) is 2.59. The van der Waals surface area contributed by atoms with Gasteiger partial charge in [0.1, 0.15) is 17.8 Å². The van der Waals surface area contributed by atoms with Gasteiger partial charge in [-0.05, 0) is 31.6 Å². The van der Waals surface area contributed by atoms with Gasteiger partial charge >= 0.3 is 5.97 Å². The smallest absolute Gasteiger partial charge is 0.308 e. The van der Waals surface area contributed by atoms with Crippen molar-refractivity contribution >= 4 is 30.1 Å². The van der Waals surface area contributed by atoms with E-state index in [9.17, 15) is 9.59 Å². The Kier molecular flexibility index (Phi) is 7.04. The number of rotatable bonds is 4. The third kappa shape index (κ3) is 4.84. The number of nitrogens with one attached hydrogen (secondary N) is 1. The van der Waals surface area contributed by atoms with E-state index in [1.807, 2.05) is 0 Å². The first-order chi connectivity index (χ1) is 10.1. The maximum atomic E-state index is 11.9. The maximum absolute atomic E-state index is 11.9. The van der Waals surface area contributed by atoms with Crippen LogP contribution in [-0.2, 0) is 9.53 Å². The highest BCUT2D eigenvalue weighted by Gasteiger charge is 2.27. The van der Waals surface area contributed by atoms with Gasteiger partial charge in [-0.25, -0.2) is 9.97 Å². The first kappa shape index (κ1) is 18.2. The summed E-state index contributed by atoms with van der Waals surface area (Å²) in [7, 11) is 1.42. The van der Waals surface area contributed by atoms with Crippen LogP contribution in [-0.4, -0.2) is 35.5 Å². The summed E-state index contributed by atoms with van der Waals surface area (Å²) in [6, 6.07) is 1.45. The van der Waals surface area contributed by atoms with Crippen LogP contribution < -0.4 is 11.1 Å². The minimum absolute atomic E-state index is 0. The SMILES string of the molecule is COC(=O)C1CCC(CNC(=O)c2cc(N)ncn2)CC1.Cl. The highest BCUT2D eigenvalue weighted by atomic mass is 35.5. The fraction of sp³-hybridized carbons (Fsp3) is 0.571. The average molecular weight is 329 g/mol. The normalized spacial score (nSPS) is 20.6. The number of hydrogen-bond acceptors (Lipinski definition) is 6. The largest absolute Gasteiger partial charge is 0.469 e. The molecule has 122 valence electrons. The molecule has 22 heavy (non-hydrogen) atoms. The van der Waals surface area contributed by atoms with E-state index >= 15 is 0 Å². The number of nitrogens with zero attached hydrogens (tertiary/aromatic N) is 2. The van der Waals surface area contributed by atoms with Gasteiger partial charge in [0.2, 0.25) is 0 Å². The summed E-state index contributed by atoms with van der Waals surface area (Å²) in [5, 5.41) is 2.85. The average Bonchev–Trinajstić information content (AvgIpc) is 2.52. The molecule has 1 aliphatic rings. The number of ether oxygens (including phenoxy) is 1. The molecule has 3 N–H and O–H groups in total. The summed E-state index contributed by atoms with van der Waals surface area (Å²) in [6.07, 6.45) is 4.71. The number of amides is 1. The Morgan fingerprint density at radius 1 is 1.32 bits per heavy atom. The lowest BCUT2D eigenvalue weighted by Gasteiger charge is -2.26. The van der Waals surface area contributed by atoms with Gasteiger partial charge in [0, 0.05) is 12.6 Å². The van der Waals surface area contributed by atoms with Crippen LogP contribution in [0.5, 0.6) is 0 Å². The van der Waals surface area contributed by atoms with Crippen molar-refractivity contribution in [2.24, 2.45) is 11.8 Å². The molecule has 1 fully saturated rings. The molecule has 0 unspecified atom stereocenters. The van der Waals surface area contributed by atoms with Gasteiger partial charge < -0.3 is 15.8 Å². The zero-order valence-corrected chi connectivity index (χ0v) is 13.3. The summed E-state index contributed by atoms with van der Waals surface area (Å²) >= 11 is 0. The summed E-state index contributed by atoms with van der Waals surface area (Å²) in [4.78, 5) is 31.0. The predicted molar refractivity (Wildman–Crippen MR) is 83.5 cm³/mol. The van der Waals surface area contributed by atoms with E-state index in [0.717, 1.165) is 25.7 Å². The van der Waals surface area contributed by atoms with E-state index < -0.39 is 0 Å². The van der Waals surface area contributed by atoms with E-state index in [1.54, 1.807) is 0 Å². The molecule has 1 aromatic heterocycles. The molecule has 2 rings (SSSR count).